The number of amides is 1. The molecule has 0 fully saturated rings. The lowest BCUT2D eigenvalue weighted by molar-refractivity contribution is 0.0771. The fourth-order valence-corrected chi connectivity index (χ4v) is 4.73. The van der Waals surface area contributed by atoms with Crippen LogP contribution in [0.15, 0.2) is 83.9 Å². The lowest BCUT2D eigenvalue weighted by atomic mass is 9.95. The van der Waals surface area contributed by atoms with E-state index in [1.165, 1.54) is 24.3 Å². The molecular weight excluding hydrogens is 532 g/mol. The molecule has 1 heterocycles. The molecule has 1 amide bonds. The average molecular weight is 553 g/mol. The summed E-state index contributed by atoms with van der Waals surface area (Å²) < 4.78 is 29.1. The van der Waals surface area contributed by atoms with Crippen molar-refractivity contribution in [1.29, 1.82) is 0 Å². The van der Waals surface area contributed by atoms with Crippen LogP contribution in [0.1, 0.15) is 26.3 Å². The molecule has 0 aliphatic rings. The van der Waals surface area contributed by atoms with E-state index in [0.29, 0.717) is 38.7 Å². The summed E-state index contributed by atoms with van der Waals surface area (Å²) >= 11 is 9.96. The van der Waals surface area contributed by atoms with Gasteiger partial charge in [-0.25, -0.2) is 13.2 Å². The molecule has 4 aromatic rings. The summed E-state index contributed by atoms with van der Waals surface area (Å²) in [5.41, 5.74) is 3.61. The highest BCUT2D eigenvalue weighted by atomic mass is 35.5. The SMILES string of the molecule is Cc1ccc(-c2cc(S(C)(=O)=O)ccc2C(=O)Nc2ccc(Cl)c(-c3ccccn3)c2)cc1C(=O)OS. The number of thiol groups is 1. The van der Waals surface area contributed by atoms with E-state index in [0.717, 1.165) is 6.26 Å². The minimum absolute atomic E-state index is 0.0295. The second-order valence-corrected chi connectivity index (χ2v) is 10.9. The summed E-state index contributed by atoms with van der Waals surface area (Å²) in [6, 6.07) is 19.6. The quantitative estimate of drug-likeness (QED) is 0.223. The molecule has 4 rings (SSSR count). The van der Waals surface area contributed by atoms with Crippen molar-refractivity contribution in [3.8, 4) is 22.4 Å². The van der Waals surface area contributed by atoms with Crippen molar-refractivity contribution >= 4 is 51.9 Å². The van der Waals surface area contributed by atoms with Gasteiger partial charge in [0, 0.05) is 42.2 Å². The molecule has 37 heavy (non-hydrogen) atoms. The first-order chi connectivity index (χ1) is 17.6. The van der Waals surface area contributed by atoms with E-state index >= 15 is 0 Å². The molecule has 10 heteroatoms. The number of sulfone groups is 1. The Bertz CT molecular complexity index is 1620. The molecule has 0 radical (unpaired) electrons. The Kier molecular flexibility index (Phi) is 7.68. The first-order valence-corrected chi connectivity index (χ1v) is 13.5. The largest absolute Gasteiger partial charge is 0.391 e. The van der Waals surface area contributed by atoms with E-state index in [2.05, 4.69) is 27.4 Å². The van der Waals surface area contributed by atoms with Crippen LogP contribution in [0.4, 0.5) is 5.69 Å². The maximum Gasteiger partial charge on any atom is 0.350 e. The molecule has 3 aromatic carbocycles. The zero-order chi connectivity index (χ0) is 26.7. The number of carbonyl (C=O) groups is 2. The lowest BCUT2D eigenvalue weighted by Gasteiger charge is -2.14. The first kappa shape index (κ1) is 26.4. The summed E-state index contributed by atoms with van der Waals surface area (Å²) in [5.74, 6) is -1.15. The Labute approximate surface area is 225 Å². The van der Waals surface area contributed by atoms with Crippen LogP contribution in [0.25, 0.3) is 22.4 Å². The summed E-state index contributed by atoms with van der Waals surface area (Å²) in [6.45, 7) is 1.73. The molecule has 7 nitrogen and oxygen atoms in total. The highest BCUT2D eigenvalue weighted by Crippen LogP contribution is 2.32. The van der Waals surface area contributed by atoms with Crippen LogP contribution in [-0.4, -0.2) is 31.5 Å². The van der Waals surface area contributed by atoms with Crippen LogP contribution in [0, 0.1) is 6.92 Å². The molecule has 0 aliphatic heterocycles. The van der Waals surface area contributed by atoms with Gasteiger partial charge in [-0.2, -0.15) is 0 Å². The number of hydrogen-bond donors (Lipinski definition) is 2. The van der Waals surface area contributed by atoms with E-state index in [9.17, 15) is 18.0 Å². The fraction of sp³-hybridized carbons (Fsp3) is 0.0741. The zero-order valence-corrected chi connectivity index (χ0v) is 22.2. The van der Waals surface area contributed by atoms with Gasteiger partial charge in [-0.15, -0.1) is 0 Å². The molecule has 0 unspecified atom stereocenters. The summed E-state index contributed by atoms with van der Waals surface area (Å²) in [7, 11) is -3.57. The van der Waals surface area contributed by atoms with Crippen molar-refractivity contribution < 1.29 is 22.2 Å². The van der Waals surface area contributed by atoms with Crippen molar-refractivity contribution in [2.75, 3.05) is 11.6 Å². The van der Waals surface area contributed by atoms with E-state index in [4.69, 9.17) is 11.6 Å². The van der Waals surface area contributed by atoms with Crippen LogP contribution in [0.3, 0.4) is 0 Å². The molecular formula is C27H21ClN2O5S2. The Balaban J connectivity index is 1.79. The number of aryl methyl sites for hydroxylation is 1. The van der Waals surface area contributed by atoms with E-state index in [1.54, 1.807) is 55.6 Å². The van der Waals surface area contributed by atoms with Gasteiger partial charge in [-0.1, -0.05) is 29.8 Å². The predicted molar refractivity (Wildman–Crippen MR) is 147 cm³/mol. The Morgan fingerprint density at radius 2 is 1.73 bits per heavy atom. The van der Waals surface area contributed by atoms with Gasteiger partial charge in [-0.05, 0) is 78.2 Å². The van der Waals surface area contributed by atoms with Crippen molar-refractivity contribution in [1.82, 2.24) is 4.98 Å². The molecule has 0 aliphatic carbocycles. The van der Waals surface area contributed by atoms with Crippen LogP contribution in [0.2, 0.25) is 5.02 Å². The average Bonchev–Trinajstić information content (AvgIpc) is 2.89. The third kappa shape index (κ3) is 5.85. The minimum atomic E-state index is -3.57. The van der Waals surface area contributed by atoms with Crippen molar-refractivity contribution in [3.05, 3.63) is 101 Å². The third-order valence-corrected chi connectivity index (χ3v) is 7.29. The highest BCUT2D eigenvalue weighted by molar-refractivity contribution is 7.90. The van der Waals surface area contributed by atoms with Gasteiger partial charge < -0.3 is 9.50 Å². The highest BCUT2D eigenvalue weighted by Gasteiger charge is 2.20. The summed E-state index contributed by atoms with van der Waals surface area (Å²) in [4.78, 5) is 30.0. The van der Waals surface area contributed by atoms with Gasteiger partial charge >= 0.3 is 5.97 Å². The molecule has 1 N–H and O–H groups in total. The maximum absolute atomic E-state index is 13.4. The first-order valence-electron chi connectivity index (χ1n) is 10.9. The van der Waals surface area contributed by atoms with Gasteiger partial charge in [0.1, 0.15) is 0 Å². The number of nitrogens with zero attached hydrogens (tertiary/aromatic N) is 1. The minimum Gasteiger partial charge on any atom is -0.391 e. The standard InChI is InChI=1S/C27H21ClN2O5S2/c1-16-6-7-17(13-21(16)27(32)35-36)22-15-19(37(2,33)34)9-10-20(22)26(31)30-18-8-11-24(28)23(14-18)25-5-3-4-12-29-25/h3-15,36H,1-2H3,(H,30,31). The van der Waals surface area contributed by atoms with Gasteiger partial charge in [0.05, 0.1) is 21.2 Å². The van der Waals surface area contributed by atoms with Crippen molar-refractivity contribution in [3.63, 3.8) is 0 Å². The zero-order valence-electron chi connectivity index (χ0n) is 19.7. The van der Waals surface area contributed by atoms with Gasteiger partial charge in [0.15, 0.2) is 9.84 Å². The second-order valence-electron chi connectivity index (χ2n) is 8.25. The topological polar surface area (TPSA) is 102 Å². The number of hydrogen-bond acceptors (Lipinski definition) is 7. The molecule has 1 aromatic heterocycles. The predicted octanol–water partition coefficient (Wildman–Crippen LogP) is 6.03. The van der Waals surface area contributed by atoms with E-state index in [-0.39, 0.29) is 16.0 Å². The van der Waals surface area contributed by atoms with Crippen LogP contribution < -0.4 is 5.32 Å². The Hall–Kier alpha value is -3.66. The Morgan fingerprint density at radius 3 is 2.41 bits per heavy atom. The van der Waals surface area contributed by atoms with E-state index in [1.807, 2.05) is 6.07 Å². The van der Waals surface area contributed by atoms with Crippen molar-refractivity contribution in [2.45, 2.75) is 11.8 Å². The Morgan fingerprint density at radius 1 is 0.946 bits per heavy atom. The molecule has 0 atom stereocenters. The van der Waals surface area contributed by atoms with Crippen molar-refractivity contribution in [2.24, 2.45) is 0 Å². The molecule has 0 saturated heterocycles. The lowest BCUT2D eigenvalue weighted by Crippen LogP contribution is -2.14. The summed E-state index contributed by atoms with van der Waals surface area (Å²) in [5, 5.41) is 3.32. The normalized spacial score (nSPS) is 11.1. The van der Waals surface area contributed by atoms with Gasteiger partial charge in [0.25, 0.3) is 5.91 Å². The maximum atomic E-state index is 13.4. The fourth-order valence-electron chi connectivity index (χ4n) is 3.77. The van der Waals surface area contributed by atoms with E-state index < -0.39 is 21.7 Å². The van der Waals surface area contributed by atoms with Crippen LogP contribution in [0.5, 0.6) is 0 Å². The molecule has 0 bridgehead atoms. The molecule has 0 saturated carbocycles. The number of nitrogens with one attached hydrogen (secondary N) is 1. The second kappa shape index (κ2) is 10.8. The molecule has 0 spiro atoms. The number of anilines is 1. The number of pyridine rings is 1. The summed E-state index contributed by atoms with van der Waals surface area (Å²) in [6.07, 6.45) is 2.73. The monoisotopic (exact) mass is 552 g/mol. The van der Waals surface area contributed by atoms with Gasteiger partial charge in [0.2, 0.25) is 0 Å². The number of benzene rings is 3. The number of rotatable bonds is 6. The molecule has 188 valence electrons. The smallest absolute Gasteiger partial charge is 0.350 e. The number of aromatic nitrogens is 1. The third-order valence-electron chi connectivity index (χ3n) is 5.68. The van der Waals surface area contributed by atoms with Gasteiger partial charge in [-0.3, -0.25) is 9.78 Å². The number of carbonyl (C=O) groups excluding carboxylic acids is 2. The van der Waals surface area contributed by atoms with Crippen LogP contribution in [-0.2, 0) is 14.0 Å². The van der Waals surface area contributed by atoms with Crippen LogP contribution >= 0.6 is 24.5 Å². The number of halogens is 1.